The van der Waals surface area contributed by atoms with E-state index in [1.165, 1.54) is 0 Å². The summed E-state index contributed by atoms with van der Waals surface area (Å²) in [5.74, 6) is -0.0533. The Balaban J connectivity index is 2.68. The molecule has 3 heteroatoms. The van der Waals surface area contributed by atoms with Gasteiger partial charge in [0, 0.05) is 12.1 Å². The van der Waals surface area contributed by atoms with Crippen molar-refractivity contribution in [3.63, 3.8) is 0 Å². The average molecular weight is 184 g/mol. The van der Waals surface area contributed by atoms with E-state index in [1.807, 2.05) is 0 Å². The topological polar surface area (TPSA) is 46.3 Å². The Morgan fingerprint density at radius 1 is 1.62 bits per heavy atom. The molecule has 1 saturated heterocycles. The van der Waals surface area contributed by atoms with Crippen molar-refractivity contribution in [1.82, 2.24) is 4.90 Å². The molecule has 13 heavy (non-hydrogen) atoms. The molecular formula is C10H20N2O. The molecule has 1 rings (SSSR count). The number of hydrogen-bond donors (Lipinski definition) is 1. The summed E-state index contributed by atoms with van der Waals surface area (Å²) in [6.45, 7) is 7.49. The van der Waals surface area contributed by atoms with Gasteiger partial charge in [-0.05, 0) is 33.2 Å². The lowest BCUT2D eigenvalue weighted by Gasteiger charge is -2.29. The number of carbonyl (C=O) groups is 1. The van der Waals surface area contributed by atoms with Crippen LogP contribution in [-0.2, 0) is 4.79 Å². The fourth-order valence-electron chi connectivity index (χ4n) is 2.37. The van der Waals surface area contributed by atoms with Crippen molar-refractivity contribution < 1.29 is 4.79 Å². The minimum atomic E-state index is -0.130. The molecule has 0 aromatic carbocycles. The molecule has 2 unspecified atom stereocenters. The summed E-state index contributed by atoms with van der Waals surface area (Å²) >= 11 is 0. The fraction of sp³-hybridized carbons (Fsp3) is 0.900. The van der Waals surface area contributed by atoms with Crippen molar-refractivity contribution in [1.29, 1.82) is 0 Å². The number of primary amides is 1. The predicted molar refractivity (Wildman–Crippen MR) is 53.2 cm³/mol. The lowest BCUT2D eigenvalue weighted by atomic mass is 9.97. The number of likely N-dealkylation sites (tertiary alicyclic amines) is 1. The maximum Gasteiger partial charge on any atom is 0.222 e. The van der Waals surface area contributed by atoms with Gasteiger partial charge in [0.05, 0.1) is 5.92 Å². The first-order valence-electron chi connectivity index (χ1n) is 5.13. The van der Waals surface area contributed by atoms with Crippen LogP contribution >= 0.6 is 0 Å². The Bertz CT molecular complexity index is 191. The van der Waals surface area contributed by atoms with E-state index in [0.717, 1.165) is 19.4 Å². The predicted octanol–water partition coefficient (Wildman–Crippen LogP) is 0.981. The van der Waals surface area contributed by atoms with Gasteiger partial charge >= 0.3 is 0 Å². The van der Waals surface area contributed by atoms with E-state index in [0.29, 0.717) is 12.1 Å². The quantitative estimate of drug-likeness (QED) is 0.710. The summed E-state index contributed by atoms with van der Waals surface area (Å²) in [6.07, 6.45) is 1.96. The largest absolute Gasteiger partial charge is 0.369 e. The van der Waals surface area contributed by atoms with Crippen molar-refractivity contribution in [3.8, 4) is 0 Å². The molecular weight excluding hydrogens is 164 g/mol. The van der Waals surface area contributed by atoms with Gasteiger partial charge in [0.15, 0.2) is 0 Å². The molecule has 0 bridgehead atoms. The van der Waals surface area contributed by atoms with E-state index in [-0.39, 0.29) is 11.8 Å². The molecule has 0 aliphatic carbocycles. The number of nitrogens with zero attached hydrogens (tertiary/aromatic N) is 1. The van der Waals surface area contributed by atoms with Gasteiger partial charge in [-0.1, -0.05) is 6.92 Å². The van der Waals surface area contributed by atoms with Gasteiger partial charge in [0.2, 0.25) is 5.91 Å². The molecule has 2 N–H and O–H groups in total. The Labute approximate surface area is 80.3 Å². The van der Waals surface area contributed by atoms with Crippen molar-refractivity contribution in [2.45, 2.75) is 45.7 Å². The first-order chi connectivity index (χ1) is 6.07. The van der Waals surface area contributed by atoms with Crippen LogP contribution in [0.4, 0.5) is 0 Å². The van der Waals surface area contributed by atoms with Crippen molar-refractivity contribution in [3.05, 3.63) is 0 Å². The second kappa shape index (κ2) is 4.09. The summed E-state index contributed by atoms with van der Waals surface area (Å²) in [5.41, 5.74) is 5.36. The molecule has 1 aliphatic heterocycles. The molecule has 0 radical (unpaired) electrons. The Hall–Kier alpha value is -0.570. The van der Waals surface area contributed by atoms with Crippen LogP contribution in [0.3, 0.4) is 0 Å². The van der Waals surface area contributed by atoms with E-state index < -0.39 is 0 Å². The van der Waals surface area contributed by atoms with E-state index >= 15 is 0 Å². The Kier molecular flexibility index (Phi) is 3.31. The molecule has 2 atom stereocenters. The summed E-state index contributed by atoms with van der Waals surface area (Å²) in [5, 5.41) is 0. The van der Waals surface area contributed by atoms with Crippen LogP contribution in [0.15, 0.2) is 0 Å². The zero-order valence-electron chi connectivity index (χ0n) is 8.79. The number of amides is 1. The van der Waals surface area contributed by atoms with Gasteiger partial charge in [-0.3, -0.25) is 9.69 Å². The minimum Gasteiger partial charge on any atom is -0.369 e. The molecule has 0 spiro atoms. The third-order valence-electron chi connectivity index (χ3n) is 3.04. The summed E-state index contributed by atoms with van der Waals surface area (Å²) in [4.78, 5) is 13.5. The molecule has 0 aromatic rings. The highest BCUT2D eigenvalue weighted by atomic mass is 16.1. The van der Waals surface area contributed by atoms with Gasteiger partial charge in [-0.15, -0.1) is 0 Å². The van der Waals surface area contributed by atoms with Crippen LogP contribution in [0.25, 0.3) is 0 Å². The van der Waals surface area contributed by atoms with Crippen molar-refractivity contribution in [2.24, 2.45) is 11.7 Å². The minimum absolute atomic E-state index is 0.0763. The zero-order valence-corrected chi connectivity index (χ0v) is 8.79. The fourth-order valence-corrected chi connectivity index (χ4v) is 2.37. The molecule has 1 aliphatic rings. The van der Waals surface area contributed by atoms with Gasteiger partial charge in [-0.2, -0.15) is 0 Å². The normalized spacial score (nSPS) is 29.8. The van der Waals surface area contributed by atoms with E-state index in [4.69, 9.17) is 5.73 Å². The van der Waals surface area contributed by atoms with E-state index in [1.54, 1.807) is 0 Å². The second-order valence-corrected chi connectivity index (χ2v) is 4.10. The number of carbonyl (C=O) groups excluding carboxylic acids is 1. The summed E-state index contributed by atoms with van der Waals surface area (Å²) < 4.78 is 0. The third-order valence-corrected chi connectivity index (χ3v) is 3.04. The number of nitrogens with two attached hydrogens (primary N) is 1. The van der Waals surface area contributed by atoms with Crippen LogP contribution < -0.4 is 5.73 Å². The molecule has 76 valence electrons. The van der Waals surface area contributed by atoms with Gasteiger partial charge in [-0.25, -0.2) is 0 Å². The Morgan fingerprint density at radius 3 is 2.62 bits per heavy atom. The standard InChI is InChI=1S/C10H20N2O/c1-4-9-8(10(11)13)5-6-12(9)7(2)3/h7-9H,4-6H2,1-3H3,(H2,11,13). The first kappa shape index (κ1) is 10.5. The molecule has 0 aromatic heterocycles. The summed E-state index contributed by atoms with van der Waals surface area (Å²) in [6, 6.07) is 0.895. The number of hydrogen-bond acceptors (Lipinski definition) is 2. The zero-order chi connectivity index (χ0) is 10.0. The van der Waals surface area contributed by atoms with Gasteiger partial charge in [0.25, 0.3) is 0 Å². The van der Waals surface area contributed by atoms with Crippen LogP contribution in [0.5, 0.6) is 0 Å². The lowest BCUT2D eigenvalue weighted by Crippen LogP contribution is -2.40. The van der Waals surface area contributed by atoms with Gasteiger partial charge in [0.1, 0.15) is 0 Å². The first-order valence-corrected chi connectivity index (χ1v) is 5.13. The molecule has 0 saturated carbocycles. The van der Waals surface area contributed by atoms with E-state index in [9.17, 15) is 4.79 Å². The van der Waals surface area contributed by atoms with Crippen LogP contribution in [0.1, 0.15) is 33.6 Å². The van der Waals surface area contributed by atoms with Crippen LogP contribution in [0, 0.1) is 5.92 Å². The second-order valence-electron chi connectivity index (χ2n) is 4.10. The smallest absolute Gasteiger partial charge is 0.222 e. The third kappa shape index (κ3) is 2.02. The summed E-state index contributed by atoms with van der Waals surface area (Å²) in [7, 11) is 0. The maximum absolute atomic E-state index is 11.1. The molecule has 1 fully saturated rings. The Morgan fingerprint density at radius 2 is 2.23 bits per heavy atom. The van der Waals surface area contributed by atoms with Gasteiger partial charge < -0.3 is 5.73 Å². The monoisotopic (exact) mass is 184 g/mol. The highest BCUT2D eigenvalue weighted by Crippen LogP contribution is 2.27. The van der Waals surface area contributed by atoms with Crippen LogP contribution in [-0.4, -0.2) is 29.4 Å². The van der Waals surface area contributed by atoms with E-state index in [2.05, 4.69) is 25.7 Å². The SMILES string of the molecule is CCC1C(C(N)=O)CCN1C(C)C. The highest BCUT2D eigenvalue weighted by molar-refractivity contribution is 5.77. The maximum atomic E-state index is 11.1. The molecule has 1 heterocycles. The van der Waals surface area contributed by atoms with Crippen molar-refractivity contribution >= 4 is 5.91 Å². The molecule has 1 amide bonds. The number of rotatable bonds is 3. The van der Waals surface area contributed by atoms with Crippen LogP contribution in [0.2, 0.25) is 0 Å². The average Bonchev–Trinajstić information content (AvgIpc) is 2.46. The lowest BCUT2D eigenvalue weighted by molar-refractivity contribution is -0.122. The van der Waals surface area contributed by atoms with Crippen molar-refractivity contribution in [2.75, 3.05) is 6.54 Å². The molecule has 3 nitrogen and oxygen atoms in total. The highest BCUT2D eigenvalue weighted by Gasteiger charge is 2.37.